The van der Waals surface area contributed by atoms with Crippen LogP contribution in [0, 0.1) is 10.7 Å². The van der Waals surface area contributed by atoms with Crippen molar-refractivity contribution in [3.05, 3.63) is 40.7 Å². The van der Waals surface area contributed by atoms with Gasteiger partial charge in [-0.3, -0.25) is 14.9 Å². The van der Waals surface area contributed by atoms with Crippen molar-refractivity contribution >= 4 is 18.1 Å². The summed E-state index contributed by atoms with van der Waals surface area (Å²) in [6, 6.07) is 4.20. The number of amides is 1. The molecule has 0 radical (unpaired) electrons. The molecule has 1 aliphatic carbocycles. The molecule has 7 heteroatoms. The van der Waals surface area contributed by atoms with Gasteiger partial charge in [-0.05, 0) is 50.0 Å². The smallest absolute Gasteiger partial charge is 0.223 e. The van der Waals surface area contributed by atoms with Crippen molar-refractivity contribution in [1.82, 2.24) is 25.1 Å². The van der Waals surface area contributed by atoms with Crippen molar-refractivity contribution in [2.45, 2.75) is 38.6 Å². The van der Waals surface area contributed by atoms with Crippen LogP contribution >= 0.6 is 12.2 Å². The van der Waals surface area contributed by atoms with Crippen molar-refractivity contribution < 1.29 is 4.79 Å². The molecule has 122 valence electrons. The Morgan fingerprint density at radius 2 is 2.39 bits per heavy atom. The molecule has 2 aromatic rings. The summed E-state index contributed by atoms with van der Waals surface area (Å²) in [6.45, 7) is 4.70. The Labute approximate surface area is 140 Å². The summed E-state index contributed by atoms with van der Waals surface area (Å²) in [5.41, 5.74) is 1.15. The first kappa shape index (κ1) is 15.9. The fraction of sp³-hybridized carbons (Fsp3) is 0.500. The lowest BCUT2D eigenvalue weighted by molar-refractivity contribution is -0.122. The number of carbonyl (C=O) groups excluding carboxylic acids is 1. The van der Waals surface area contributed by atoms with Crippen LogP contribution in [0.5, 0.6) is 0 Å². The van der Waals surface area contributed by atoms with Gasteiger partial charge in [0.05, 0.1) is 0 Å². The molecule has 1 aliphatic rings. The molecule has 2 atom stereocenters. The van der Waals surface area contributed by atoms with E-state index in [0.29, 0.717) is 23.7 Å². The van der Waals surface area contributed by atoms with Crippen LogP contribution in [0.1, 0.15) is 43.6 Å². The third-order valence-corrected chi connectivity index (χ3v) is 4.47. The number of nitrogens with one attached hydrogen (secondary N) is 2. The van der Waals surface area contributed by atoms with E-state index in [-0.39, 0.29) is 17.9 Å². The number of pyridine rings is 1. The van der Waals surface area contributed by atoms with Crippen LogP contribution in [-0.4, -0.2) is 32.2 Å². The zero-order valence-corrected chi connectivity index (χ0v) is 14.1. The van der Waals surface area contributed by atoms with Crippen molar-refractivity contribution in [3.63, 3.8) is 0 Å². The standard InChI is InChI=1S/C16H21N5OS/c1-10(2)21-14(19-20-16(21)23)5-7-18-15(22)13-8-12(13)11-4-3-6-17-9-11/h3-4,6,9-10,12-13H,5,7-8H2,1-2H3,(H,18,22)(H,20,23). The number of nitrogens with zero attached hydrogens (tertiary/aromatic N) is 3. The maximum absolute atomic E-state index is 12.2. The summed E-state index contributed by atoms with van der Waals surface area (Å²) >= 11 is 5.22. The fourth-order valence-electron chi connectivity index (χ4n) is 2.92. The fourth-order valence-corrected chi connectivity index (χ4v) is 3.29. The lowest BCUT2D eigenvalue weighted by Crippen LogP contribution is -2.28. The Morgan fingerprint density at radius 1 is 1.57 bits per heavy atom. The van der Waals surface area contributed by atoms with Crippen molar-refractivity contribution in [1.29, 1.82) is 0 Å². The van der Waals surface area contributed by atoms with Crippen molar-refractivity contribution in [2.24, 2.45) is 5.92 Å². The van der Waals surface area contributed by atoms with Crippen LogP contribution in [0.2, 0.25) is 0 Å². The van der Waals surface area contributed by atoms with Gasteiger partial charge in [-0.25, -0.2) is 0 Å². The second-order valence-corrected chi connectivity index (χ2v) is 6.57. The minimum Gasteiger partial charge on any atom is -0.355 e. The largest absolute Gasteiger partial charge is 0.355 e. The number of hydrogen-bond acceptors (Lipinski definition) is 4. The minimum atomic E-state index is 0.0742. The van der Waals surface area contributed by atoms with Crippen LogP contribution in [-0.2, 0) is 11.2 Å². The van der Waals surface area contributed by atoms with Gasteiger partial charge >= 0.3 is 0 Å². The normalized spacial score (nSPS) is 19.8. The molecule has 2 unspecified atom stereocenters. The quantitative estimate of drug-likeness (QED) is 0.797. The number of hydrogen-bond donors (Lipinski definition) is 2. The zero-order valence-electron chi connectivity index (χ0n) is 13.3. The Bertz CT molecular complexity index is 736. The first-order valence-electron chi connectivity index (χ1n) is 7.91. The van der Waals surface area contributed by atoms with E-state index in [9.17, 15) is 4.79 Å². The number of aromatic amines is 1. The van der Waals surface area contributed by atoms with Crippen LogP contribution in [0.15, 0.2) is 24.5 Å². The maximum Gasteiger partial charge on any atom is 0.223 e. The molecule has 1 amide bonds. The molecule has 0 aliphatic heterocycles. The van der Waals surface area contributed by atoms with E-state index in [1.165, 1.54) is 0 Å². The van der Waals surface area contributed by atoms with E-state index in [1.54, 1.807) is 6.20 Å². The second kappa shape index (κ2) is 6.62. The van der Waals surface area contributed by atoms with Gasteiger partial charge in [0, 0.05) is 37.3 Å². The van der Waals surface area contributed by atoms with Crippen LogP contribution < -0.4 is 5.32 Å². The van der Waals surface area contributed by atoms with Gasteiger partial charge in [0.15, 0.2) is 4.77 Å². The lowest BCUT2D eigenvalue weighted by Gasteiger charge is -2.10. The SMILES string of the molecule is CC(C)n1c(CCNC(=O)C2CC2c2cccnc2)n[nH]c1=S. The van der Waals surface area contributed by atoms with E-state index < -0.39 is 0 Å². The van der Waals surface area contributed by atoms with E-state index in [4.69, 9.17) is 12.2 Å². The topological polar surface area (TPSA) is 75.6 Å². The molecule has 2 heterocycles. The molecule has 2 aromatic heterocycles. The predicted octanol–water partition coefficient (Wildman–Crippen LogP) is 2.38. The summed E-state index contributed by atoms with van der Waals surface area (Å²) in [6.07, 6.45) is 5.17. The second-order valence-electron chi connectivity index (χ2n) is 6.18. The molecular weight excluding hydrogens is 310 g/mol. The van der Waals surface area contributed by atoms with Crippen LogP contribution in [0.25, 0.3) is 0 Å². The first-order valence-corrected chi connectivity index (χ1v) is 8.32. The monoisotopic (exact) mass is 331 g/mol. The van der Waals surface area contributed by atoms with Gasteiger partial charge in [-0.2, -0.15) is 5.10 Å². The van der Waals surface area contributed by atoms with Gasteiger partial charge < -0.3 is 9.88 Å². The zero-order chi connectivity index (χ0) is 16.4. The van der Waals surface area contributed by atoms with Gasteiger partial charge in [0.1, 0.15) is 5.82 Å². The van der Waals surface area contributed by atoms with E-state index in [1.807, 2.05) is 22.9 Å². The first-order chi connectivity index (χ1) is 11.1. The molecular formula is C16H21N5OS. The molecule has 6 nitrogen and oxygen atoms in total. The Balaban J connectivity index is 1.51. The summed E-state index contributed by atoms with van der Waals surface area (Å²) in [4.78, 5) is 16.3. The van der Waals surface area contributed by atoms with Gasteiger partial charge in [-0.1, -0.05) is 6.07 Å². The number of rotatable bonds is 6. The highest BCUT2D eigenvalue weighted by atomic mass is 32.1. The molecule has 0 bridgehead atoms. The van der Waals surface area contributed by atoms with Crippen molar-refractivity contribution in [3.8, 4) is 0 Å². The molecule has 0 aromatic carbocycles. The molecule has 0 saturated heterocycles. The molecule has 3 rings (SSSR count). The van der Waals surface area contributed by atoms with Crippen LogP contribution in [0.3, 0.4) is 0 Å². The van der Waals surface area contributed by atoms with E-state index in [0.717, 1.165) is 17.8 Å². The molecule has 2 N–H and O–H groups in total. The van der Waals surface area contributed by atoms with Gasteiger partial charge in [0.25, 0.3) is 0 Å². The highest BCUT2D eigenvalue weighted by Crippen LogP contribution is 2.47. The highest BCUT2D eigenvalue weighted by molar-refractivity contribution is 7.71. The van der Waals surface area contributed by atoms with Crippen LogP contribution in [0.4, 0.5) is 0 Å². The Morgan fingerprint density at radius 3 is 3.09 bits per heavy atom. The summed E-state index contributed by atoms with van der Waals surface area (Å²) < 4.78 is 2.61. The van der Waals surface area contributed by atoms with Gasteiger partial charge in [0.2, 0.25) is 5.91 Å². The summed E-state index contributed by atoms with van der Waals surface area (Å²) in [7, 11) is 0. The van der Waals surface area contributed by atoms with Gasteiger partial charge in [-0.15, -0.1) is 0 Å². The molecule has 23 heavy (non-hydrogen) atoms. The van der Waals surface area contributed by atoms with Crippen molar-refractivity contribution in [2.75, 3.05) is 6.54 Å². The average Bonchev–Trinajstić information content (AvgIpc) is 3.26. The Kier molecular flexibility index (Phi) is 4.56. The molecule has 1 fully saturated rings. The average molecular weight is 331 g/mol. The minimum absolute atomic E-state index is 0.0742. The summed E-state index contributed by atoms with van der Waals surface area (Å²) in [5, 5.41) is 10.1. The number of H-pyrrole nitrogens is 1. The third kappa shape index (κ3) is 3.50. The predicted molar refractivity (Wildman–Crippen MR) is 89.6 cm³/mol. The van der Waals surface area contributed by atoms with E-state index >= 15 is 0 Å². The molecule has 0 spiro atoms. The Hall–Kier alpha value is -2.02. The third-order valence-electron chi connectivity index (χ3n) is 4.18. The van der Waals surface area contributed by atoms with E-state index in [2.05, 4.69) is 34.3 Å². The summed E-state index contributed by atoms with van der Waals surface area (Å²) in [5.74, 6) is 1.38. The number of aromatic nitrogens is 4. The number of carbonyl (C=O) groups is 1. The maximum atomic E-state index is 12.2. The lowest BCUT2D eigenvalue weighted by atomic mass is 10.1. The highest BCUT2D eigenvalue weighted by Gasteiger charge is 2.43. The molecule has 1 saturated carbocycles.